The van der Waals surface area contributed by atoms with E-state index in [0.717, 1.165) is 24.2 Å². The van der Waals surface area contributed by atoms with Gasteiger partial charge in [0, 0.05) is 24.5 Å². The Morgan fingerprint density at radius 2 is 1.96 bits per heavy atom. The van der Waals surface area contributed by atoms with Crippen molar-refractivity contribution in [1.29, 1.82) is 0 Å². The monoisotopic (exact) mass is 366 g/mol. The fraction of sp³-hybridized carbons (Fsp3) is 0.250. The van der Waals surface area contributed by atoms with E-state index in [2.05, 4.69) is 15.2 Å². The number of ether oxygens (including phenoxy) is 1. The first-order valence-electron chi connectivity index (χ1n) is 8.86. The van der Waals surface area contributed by atoms with Gasteiger partial charge in [-0.2, -0.15) is 5.10 Å². The molecule has 3 aromatic rings. The maximum Gasteiger partial charge on any atom is 0.272 e. The van der Waals surface area contributed by atoms with Gasteiger partial charge in [-0.15, -0.1) is 0 Å². The van der Waals surface area contributed by atoms with Gasteiger partial charge < -0.3 is 9.64 Å². The lowest BCUT2D eigenvalue weighted by atomic mass is 10.1. The molecule has 0 saturated carbocycles. The molecule has 3 heterocycles. The Balaban J connectivity index is 1.44. The van der Waals surface area contributed by atoms with Crippen LogP contribution in [0.1, 0.15) is 23.3 Å². The molecular weight excluding hydrogens is 347 g/mol. The van der Waals surface area contributed by atoms with E-state index in [1.54, 1.807) is 35.5 Å². The maximum atomic E-state index is 13.1. The van der Waals surface area contributed by atoms with Gasteiger partial charge in [0.2, 0.25) is 0 Å². The Morgan fingerprint density at radius 3 is 2.74 bits per heavy atom. The van der Waals surface area contributed by atoms with Crippen molar-refractivity contribution in [2.75, 3.05) is 13.1 Å². The molecule has 1 saturated heterocycles. The highest BCUT2D eigenvalue weighted by Gasteiger charge is 2.26. The van der Waals surface area contributed by atoms with Crippen LogP contribution in [-0.2, 0) is 0 Å². The summed E-state index contributed by atoms with van der Waals surface area (Å²) in [5, 5.41) is 6.98. The first-order valence-corrected chi connectivity index (χ1v) is 8.86. The number of aromatic nitrogens is 3. The van der Waals surface area contributed by atoms with Gasteiger partial charge >= 0.3 is 0 Å². The second-order valence-electron chi connectivity index (χ2n) is 6.49. The van der Waals surface area contributed by atoms with Gasteiger partial charge in [-0.25, -0.2) is 4.39 Å². The Bertz CT molecular complexity index is 911. The number of nitrogens with one attached hydrogen (secondary N) is 1. The van der Waals surface area contributed by atoms with Crippen molar-refractivity contribution in [3.63, 3.8) is 0 Å². The van der Waals surface area contributed by atoms with Gasteiger partial charge in [-0.1, -0.05) is 0 Å². The molecule has 0 spiro atoms. The zero-order valence-corrected chi connectivity index (χ0v) is 14.6. The van der Waals surface area contributed by atoms with Crippen molar-refractivity contribution < 1.29 is 13.9 Å². The standard InChI is InChI=1S/C20H19FN4O2/c21-15-5-3-14(4-6-15)18-12-19(24-23-18)20(26)25-11-1-2-17(13-25)27-16-7-9-22-10-8-16/h3-10,12,17H,1-2,11,13H2,(H,23,24). The van der Waals surface area contributed by atoms with Crippen LogP contribution in [0.4, 0.5) is 4.39 Å². The van der Waals surface area contributed by atoms with Crippen molar-refractivity contribution in [1.82, 2.24) is 20.1 Å². The molecule has 1 fully saturated rings. The largest absolute Gasteiger partial charge is 0.488 e. The van der Waals surface area contributed by atoms with Gasteiger partial charge in [-0.3, -0.25) is 14.9 Å². The summed E-state index contributed by atoms with van der Waals surface area (Å²) in [6.07, 6.45) is 5.09. The highest BCUT2D eigenvalue weighted by atomic mass is 19.1. The number of piperidine rings is 1. The van der Waals surface area contributed by atoms with Crippen LogP contribution in [0, 0.1) is 5.82 Å². The number of carbonyl (C=O) groups is 1. The molecule has 2 aromatic heterocycles. The van der Waals surface area contributed by atoms with E-state index in [9.17, 15) is 9.18 Å². The number of amides is 1. The molecule has 4 rings (SSSR count). The normalized spacial score (nSPS) is 16.9. The van der Waals surface area contributed by atoms with Crippen LogP contribution in [-0.4, -0.2) is 45.2 Å². The Labute approximate surface area is 156 Å². The minimum atomic E-state index is -0.306. The number of carbonyl (C=O) groups excluding carboxylic acids is 1. The molecule has 138 valence electrons. The first-order chi connectivity index (χ1) is 13.2. The van der Waals surface area contributed by atoms with Crippen LogP contribution in [0.5, 0.6) is 5.75 Å². The minimum absolute atomic E-state index is 0.0513. The van der Waals surface area contributed by atoms with E-state index in [-0.39, 0.29) is 17.8 Å². The molecule has 0 aliphatic carbocycles. The number of hydrogen-bond donors (Lipinski definition) is 1. The number of H-pyrrole nitrogens is 1. The summed E-state index contributed by atoms with van der Waals surface area (Å²) in [5.74, 6) is 0.336. The van der Waals surface area contributed by atoms with Crippen LogP contribution in [0.25, 0.3) is 11.3 Å². The number of hydrogen-bond acceptors (Lipinski definition) is 4. The highest BCUT2D eigenvalue weighted by molar-refractivity contribution is 5.93. The van der Waals surface area contributed by atoms with Crippen molar-refractivity contribution in [2.24, 2.45) is 0 Å². The first kappa shape index (κ1) is 17.2. The highest BCUT2D eigenvalue weighted by Crippen LogP contribution is 2.21. The fourth-order valence-electron chi connectivity index (χ4n) is 3.20. The van der Waals surface area contributed by atoms with Crippen molar-refractivity contribution in [2.45, 2.75) is 18.9 Å². The molecule has 6 nitrogen and oxygen atoms in total. The number of aromatic amines is 1. The summed E-state index contributed by atoms with van der Waals surface area (Å²) in [6.45, 7) is 1.20. The number of rotatable bonds is 4. The SMILES string of the molecule is O=C(c1cc(-c2ccc(F)cc2)n[nH]1)N1CCCC(Oc2ccncc2)C1. The predicted octanol–water partition coefficient (Wildman–Crippen LogP) is 3.29. The van der Waals surface area contributed by atoms with Crippen LogP contribution in [0.15, 0.2) is 54.9 Å². The fourth-order valence-corrected chi connectivity index (χ4v) is 3.20. The lowest BCUT2D eigenvalue weighted by Gasteiger charge is -2.32. The number of benzene rings is 1. The molecule has 0 radical (unpaired) electrons. The summed E-state index contributed by atoms with van der Waals surface area (Å²) in [7, 11) is 0. The molecule has 7 heteroatoms. The third-order valence-corrected chi connectivity index (χ3v) is 4.57. The zero-order valence-electron chi connectivity index (χ0n) is 14.6. The molecular formula is C20H19FN4O2. The smallest absolute Gasteiger partial charge is 0.272 e. The van der Waals surface area contributed by atoms with E-state index in [0.29, 0.717) is 24.5 Å². The van der Waals surface area contributed by atoms with E-state index in [4.69, 9.17) is 4.74 Å². The zero-order chi connectivity index (χ0) is 18.6. The second-order valence-corrected chi connectivity index (χ2v) is 6.49. The van der Waals surface area contributed by atoms with Crippen molar-refractivity contribution in [3.8, 4) is 17.0 Å². The lowest BCUT2D eigenvalue weighted by molar-refractivity contribution is 0.0532. The van der Waals surface area contributed by atoms with Gasteiger partial charge in [0.1, 0.15) is 23.4 Å². The third kappa shape index (κ3) is 3.97. The van der Waals surface area contributed by atoms with Gasteiger partial charge in [0.25, 0.3) is 5.91 Å². The van der Waals surface area contributed by atoms with E-state index in [1.807, 2.05) is 12.1 Å². The summed E-state index contributed by atoms with van der Waals surface area (Å²) in [4.78, 5) is 18.6. The average Bonchev–Trinajstić information content (AvgIpc) is 3.19. The van der Waals surface area contributed by atoms with Gasteiger partial charge in [0.05, 0.1) is 12.2 Å². The van der Waals surface area contributed by atoms with E-state index >= 15 is 0 Å². The quantitative estimate of drug-likeness (QED) is 0.769. The molecule has 1 aromatic carbocycles. The van der Waals surface area contributed by atoms with Crippen LogP contribution in [0.2, 0.25) is 0 Å². The number of nitrogens with zero attached hydrogens (tertiary/aromatic N) is 3. The third-order valence-electron chi connectivity index (χ3n) is 4.57. The van der Waals surface area contributed by atoms with Gasteiger partial charge in [0.15, 0.2) is 0 Å². The number of pyridine rings is 1. The summed E-state index contributed by atoms with van der Waals surface area (Å²) < 4.78 is 19.0. The minimum Gasteiger partial charge on any atom is -0.488 e. The topological polar surface area (TPSA) is 71.1 Å². The van der Waals surface area contributed by atoms with Crippen LogP contribution < -0.4 is 4.74 Å². The molecule has 1 aliphatic rings. The molecule has 1 amide bonds. The van der Waals surface area contributed by atoms with Gasteiger partial charge in [-0.05, 0) is 55.3 Å². The Hall–Kier alpha value is -3.22. The molecule has 1 atom stereocenters. The molecule has 1 unspecified atom stereocenters. The molecule has 27 heavy (non-hydrogen) atoms. The Morgan fingerprint density at radius 1 is 1.19 bits per heavy atom. The van der Waals surface area contributed by atoms with Crippen molar-refractivity contribution in [3.05, 3.63) is 66.4 Å². The van der Waals surface area contributed by atoms with Crippen LogP contribution in [0.3, 0.4) is 0 Å². The molecule has 1 aliphatic heterocycles. The molecule has 0 bridgehead atoms. The van der Waals surface area contributed by atoms with E-state index < -0.39 is 0 Å². The number of halogens is 1. The van der Waals surface area contributed by atoms with E-state index in [1.165, 1.54) is 12.1 Å². The maximum absolute atomic E-state index is 13.1. The lowest BCUT2D eigenvalue weighted by Crippen LogP contribution is -2.44. The summed E-state index contributed by atoms with van der Waals surface area (Å²) >= 11 is 0. The molecule has 1 N–H and O–H groups in total. The average molecular weight is 366 g/mol. The second kappa shape index (κ2) is 7.57. The summed E-state index contributed by atoms with van der Waals surface area (Å²) in [6, 6.07) is 11.3. The summed E-state index contributed by atoms with van der Waals surface area (Å²) in [5.41, 5.74) is 1.78. The van der Waals surface area contributed by atoms with Crippen LogP contribution >= 0.6 is 0 Å². The predicted molar refractivity (Wildman–Crippen MR) is 97.8 cm³/mol. The van der Waals surface area contributed by atoms with Crippen molar-refractivity contribution >= 4 is 5.91 Å². The number of likely N-dealkylation sites (tertiary alicyclic amines) is 1. The Kier molecular flexibility index (Phi) is 4.82.